The van der Waals surface area contributed by atoms with Gasteiger partial charge >= 0.3 is 0 Å². The molecule has 21 heavy (non-hydrogen) atoms. The number of oxime groups is 1. The van der Waals surface area contributed by atoms with Gasteiger partial charge in [-0.1, -0.05) is 22.9 Å². The van der Waals surface area contributed by atoms with Crippen LogP contribution in [0.4, 0.5) is 11.5 Å². The van der Waals surface area contributed by atoms with Crippen LogP contribution in [0.5, 0.6) is 0 Å². The average molecular weight is 284 g/mol. The molecular weight excluding hydrogens is 264 g/mol. The van der Waals surface area contributed by atoms with Crippen LogP contribution in [0.25, 0.3) is 0 Å². The van der Waals surface area contributed by atoms with E-state index < -0.39 is 0 Å². The maximum absolute atomic E-state index is 8.83. The molecule has 0 saturated heterocycles. The van der Waals surface area contributed by atoms with Crippen LogP contribution >= 0.6 is 0 Å². The maximum atomic E-state index is 8.83. The number of aromatic nitrogens is 1. The largest absolute Gasteiger partial charge is 0.409 e. The minimum absolute atomic E-state index is 0.0794. The highest BCUT2D eigenvalue weighted by atomic mass is 16.4. The molecule has 0 aliphatic rings. The van der Waals surface area contributed by atoms with Crippen LogP contribution in [-0.4, -0.2) is 23.1 Å². The molecule has 0 bridgehead atoms. The van der Waals surface area contributed by atoms with Gasteiger partial charge in [0.15, 0.2) is 5.84 Å². The van der Waals surface area contributed by atoms with Gasteiger partial charge in [0.05, 0.1) is 0 Å². The van der Waals surface area contributed by atoms with Crippen molar-refractivity contribution in [2.75, 3.05) is 11.9 Å². The van der Waals surface area contributed by atoms with Crippen LogP contribution in [0.2, 0.25) is 0 Å². The minimum Gasteiger partial charge on any atom is -0.409 e. The fourth-order valence-electron chi connectivity index (χ4n) is 2.33. The average Bonchev–Trinajstić information content (AvgIpc) is 2.45. The molecular formula is C16H20N4O. The zero-order valence-corrected chi connectivity index (χ0v) is 12.8. The highest BCUT2D eigenvalue weighted by Crippen LogP contribution is 2.27. The molecule has 1 aromatic heterocycles. The van der Waals surface area contributed by atoms with Crippen LogP contribution < -0.4 is 10.6 Å². The second-order valence-corrected chi connectivity index (χ2v) is 5.19. The van der Waals surface area contributed by atoms with Crippen LogP contribution in [0.1, 0.15) is 22.4 Å². The number of benzene rings is 1. The van der Waals surface area contributed by atoms with Gasteiger partial charge in [-0.05, 0) is 44.5 Å². The van der Waals surface area contributed by atoms with E-state index in [0.717, 1.165) is 17.2 Å². The Kier molecular flexibility index (Phi) is 4.12. The Morgan fingerprint density at radius 2 is 1.90 bits per heavy atom. The molecule has 0 spiro atoms. The van der Waals surface area contributed by atoms with E-state index in [4.69, 9.17) is 10.9 Å². The molecule has 0 aliphatic heterocycles. The first-order valence-corrected chi connectivity index (χ1v) is 6.70. The zero-order valence-electron chi connectivity index (χ0n) is 12.8. The third kappa shape index (κ3) is 3.13. The predicted octanol–water partition coefficient (Wildman–Crippen LogP) is 2.87. The van der Waals surface area contributed by atoms with E-state index in [0.29, 0.717) is 5.56 Å². The van der Waals surface area contributed by atoms with Crippen molar-refractivity contribution < 1.29 is 5.21 Å². The van der Waals surface area contributed by atoms with E-state index in [-0.39, 0.29) is 5.84 Å². The topological polar surface area (TPSA) is 74.7 Å². The second kappa shape index (κ2) is 5.83. The Bertz CT molecular complexity index is 695. The van der Waals surface area contributed by atoms with E-state index >= 15 is 0 Å². The number of hydrogen-bond donors (Lipinski definition) is 2. The number of nitrogens with two attached hydrogens (primary N) is 1. The third-order valence-corrected chi connectivity index (χ3v) is 3.40. The summed E-state index contributed by atoms with van der Waals surface area (Å²) >= 11 is 0. The number of amidine groups is 1. The van der Waals surface area contributed by atoms with Crippen molar-refractivity contribution in [1.29, 1.82) is 0 Å². The van der Waals surface area contributed by atoms with Gasteiger partial charge in [0.25, 0.3) is 0 Å². The summed E-state index contributed by atoms with van der Waals surface area (Å²) in [5.74, 6) is 0.833. The van der Waals surface area contributed by atoms with Crippen molar-refractivity contribution in [1.82, 2.24) is 4.98 Å². The molecule has 2 rings (SSSR count). The molecule has 1 aromatic carbocycles. The van der Waals surface area contributed by atoms with E-state index in [1.807, 2.05) is 18.9 Å². The lowest BCUT2D eigenvalue weighted by Crippen LogP contribution is -2.17. The fourth-order valence-corrected chi connectivity index (χ4v) is 2.33. The Labute approximate surface area is 124 Å². The normalized spacial score (nSPS) is 11.5. The molecule has 2 aromatic rings. The Hall–Kier alpha value is -2.56. The summed E-state index contributed by atoms with van der Waals surface area (Å²) < 4.78 is 0. The summed E-state index contributed by atoms with van der Waals surface area (Å²) in [6.45, 7) is 6.02. The first kappa shape index (κ1) is 14.8. The fraction of sp³-hybridized carbons (Fsp3) is 0.250. The number of hydrogen-bond acceptors (Lipinski definition) is 4. The molecule has 3 N–H and O–H groups in total. The molecule has 5 nitrogen and oxygen atoms in total. The molecule has 5 heteroatoms. The second-order valence-electron chi connectivity index (χ2n) is 5.19. The van der Waals surface area contributed by atoms with Crippen LogP contribution in [-0.2, 0) is 0 Å². The molecule has 0 atom stereocenters. The summed E-state index contributed by atoms with van der Waals surface area (Å²) in [5, 5.41) is 11.9. The van der Waals surface area contributed by atoms with Gasteiger partial charge in [0.1, 0.15) is 5.82 Å². The van der Waals surface area contributed by atoms with Crippen molar-refractivity contribution >= 4 is 17.3 Å². The van der Waals surface area contributed by atoms with E-state index in [2.05, 4.69) is 42.2 Å². The lowest BCUT2D eigenvalue weighted by Gasteiger charge is -2.22. The van der Waals surface area contributed by atoms with Crippen molar-refractivity contribution in [3.63, 3.8) is 0 Å². The molecule has 1 heterocycles. The maximum Gasteiger partial charge on any atom is 0.170 e. The van der Waals surface area contributed by atoms with Gasteiger partial charge in [0.2, 0.25) is 0 Å². The monoisotopic (exact) mass is 284 g/mol. The van der Waals surface area contributed by atoms with Crippen LogP contribution in [0, 0.1) is 20.8 Å². The molecule has 0 fully saturated rings. The predicted molar refractivity (Wildman–Crippen MR) is 85.5 cm³/mol. The minimum atomic E-state index is 0.0794. The summed E-state index contributed by atoms with van der Waals surface area (Å²) in [5.41, 5.74) is 10.6. The van der Waals surface area contributed by atoms with Gasteiger partial charge in [-0.15, -0.1) is 0 Å². The quantitative estimate of drug-likeness (QED) is 0.393. The highest BCUT2D eigenvalue weighted by Gasteiger charge is 2.11. The number of aryl methyl sites for hydroxylation is 3. The number of nitrogens with zero attached hydrogens (tertiary/aromatic N) is 3. The van der Waals surface area contributed by atoms with Crippen molar-refractivity contribution in [3.05, 3.63) is 52.7 Å². The van der Waals surface area contributed by atoms with E-state index in [1.165, 1.54) is 11.1 Å². The van der Waals surface area contributed by atoms with E-state index in [9.17, 15) is 0 Å². The summed E-state index contributed by atoms with van der Waals surface area (Å²) in [6.07, 6.45) is 0. The van der Waals surface area contributed by atoms with Crippen molar-refractivity contribution in [3.8, 4) is 0 Å². The summed E-state index contributed by atoms with van der Waals surface area (Å²) in [4.78, 5) is 6.52. The smallest absolute Gasteiger partial charge is 0.170 e. The number of anilines is 2. The zero-order chi connectivity index (χ0) is 15.6. The number of rotatable bonds is 3. The lowest BCUT2D eigenvalue weighted by molar-refractivity contribution is 0.318. The SMILES string of the molecule is Cc1ccc(N(C)c2cc(/C(N)=N/O)cc(C)n2)c(C)c1. The van der Waals surface area contributed by atoms with Gasteiger partial charge in [-0.25, -0.2) is 4.98 Å². The van der Waals surface area contributed by atoms with Crippen LogP contribution in [0.15, 0.2) is 35.5 Å². The first-order valence-electron chi connectivity index (χ1n) is 6.70. The van der Waals surface area contributed by atoms with Crippen molar-refractivity contribution in [2.24, 2.45) is 10.9 Å². The first-order chi connectivity index (χ1) is 9.92. The molecule has 0 unspecified atom stereocenters. The van der Waals surface area contributed by atoms with E-state index in [1.54, 1.807) is 12.1 Å². The molecule has 110 valence electrons. The Morgan fingerprint density at radius 1 is 1.19 bits per heavy atom. The molecule has 0 amide bonds. The van der Waals surface area contributed by atoms with Gasteiger partial charge < -0.3 is 15.8 Å². The summed E-state index contributed by atoms with van der Waals surface area (Å²) in [6, 6.07) is 9.86. The van der Waals surface area contributed by atoms with Gasteiger partial charge in [-0.2, -0.15) is 0 Å². The van der Waals surface area contributed by atoms with Gasteiger partial charge in [0, 0.05) is 24.0 Å². The lowest BCUT2D eigenvalue weighted by atomic mass is 10.1. The standard InChI is InChI=1S/C16H20N4O/c1-10-5-6-14(11(2)7-10)20(4)15-9-13(16(17)19-21)8-12(3)18-15/h5-9,21H,1-4H3,(H2,17,19). The Balaban J connectivity index is 2.48. The van der Waals surface area contributed by atoms with Gasteiger partial charge in [-0.3, -0.25) is 0 Å². The number of pyridine rings is 1. The Morgan fingerprint density at radius 3 is 2.52 bits per heavy atom. The third-order valence-electron chi connectivity index (χ3n) is 3.40. The molecule has 0 radical (unpaired) electrons. The highest BCUT2D eigenvalue weighted by molar-refractivity contribution is 5.97. The molecule has 0 aliphatic carbocycles. The summed E-state index contributed by atoms with van der Waals surface area (Å²) in [7, 11) is 1.95. The van der Waals surface area contributed by atoms with Crippen LogP contribution in [0.3, 0.4) is 0 Å². The molecule has 0 saturated carbocycles. The van der Waals surface area contributed by atoms with Crippen molar-refractivity contribution in [2.45, 2.75) is 20.8 Å².